The van der Waals surface area contributed by atoms with Crippen molar-refractivity contribution in [2.75, 3.05) is 0 Å². The first-order valence-electron chi connectivity index (χ1n) is 7.96. The summed E-state index contributed by atoms with van der Waals surface area (Å²) in [6.07, 6.45) is -2.99. The normalized spacial score (nSPS) is 15.7. The summed E-state index contributed by atoms with van der Waals surface area (Å²) < 4.78 is 89.8. The Labute approximate surface area is 157 Å². The minimum Gasteiger partial charge on any atom is -0.326 e. The van der Waals surface area contributed by atoms with Gasteiger partial charge >= 0.3 is 6.18 Å². The maximum Gasteiger partial charge on any atom is 0.434 e. The van der Waals surface area contributed by atoms with E-state index in [1.165, 1.54) is 12.1 Å². The van der Waals surface area contributed by atoms with Crippen molar-refractivity contribution < 1.29 is 30.4 Å². The minimum absolute atomic E-state index is 0.0929. The van der Waals surface area contributed by atoms with E-state index in [0.29, 0.717) is 5.57 Å². The molecule has 2 N–H and O–H groups in total. The predicted octanol–water partition coefficient (Wildman–Crippen LogP) is 4.09. The number of aromatic nitrogens is 2. The van der Waals surface area contributed by atoms with Gasteiger partial charge in [-0.25, -0.2) is 27.3 Å². The maximum absolute atomic E-state index is 13.5. The molecule has 28 heavy (non-hydrogen) atoms. The van der Waals surface area contributed by atoms with Gasteiger partial charge in [-0.3, -0.25) is 0 Å². The summed E-state index contributed by atoms with van der Waals surface area (Å²) in [4.78, 5) is 3.39. The lowest BCUT2D eigenvalue weighted by atomic mass is 10.0. The van der Waals surface area contributed by atoms with E-state index in [-0.39, 0.29) is 35.7 Å². The number of hydrogen-bond donors (Lipinski definition) is 1. The lowest BCUT2D eigenvalue weighted by Crippen LogP contribution is -2.11. The highest BCUT2D eigenvalue weighted by Crippen LogP contribution is 2.33. The summed E-state index contributed by atoms with van der Waals surface area (Å²) in [6.45, 7) is -0.129. The monoisotopic (exact) mass is 419 g/mol. The molecular weight excluding hydrogens is 405 g/mol. The van der Waals surface area contributed by atoms with Crippen LogP contribution in [-0.2, 0) is 22.7 Å². The first-order valence-corrected chi connectivity index (χ1v) is 9.51. The number of alkyl halides is 3. The average Bonchev–Trinajstić information content (AvgIpc) is 3.02. The Morgan fingerprint density at radius 3 is 2.29 bits per heavy atom. The third-order valence-electron chi connectivity index (χ3n) is 4.14. The van der Waals surface area contributed by atoms with E-state index in [9.17, 15) is 30.4 Å². The quantitative estimate of drug-likeness (QED) is 0.759. The van der Waals surface area contributed by atoms with Crippen molar-refractivity contribution >= 4 is 10.0 Å². The zero-order chi connectivity index (χ0) is 20.7. The molecule has 0 saturated carbocycles. The van der Waals surface area contributed by atoms with Crippen molar-refractivity contribution in [2.45, 2.75) is 30.5 Å². The van der Waals surface area contributed by atoms with Crippen LogP contribution in [0.1, 0.15) is 18.5 Å². The molecule has 0 saturated heterocycles. The van der Waals surface area contributed by atoms with Gasteiger partial charge in [-0.05, 0) is 42.3 Å². The van der Waals surface area contributed by atoms with Crippen molar-refractivity contribution in [3.8, 4) is 11.4 Å². The molecule has 0 spiro atoms. The molecule has 1 aliphatic rings. The Morgan fingerprint density at radius 1 is 1.11 bits per heavy atom. The van der Waals surface area contributed by atoms with E-state index in [0.717, 1.165) is 29.0 Å². The molecular formula is C17H14F5N3O2S. The fourth-order valence-electron chi connectivity index (χ4n) is 2.76. The number of benzene rings is 1. The summed E-state index contributed by atoms with van der Waals surface area (Å²) in [5.41, 5.74) is -0.550. The van der Waals surface area contributed by atoms with Crippen LogP contribution in [0.15, 0.2) is 58.7 Å². The van der Waals surface area contributed by atoms with Gasteiger partial charge in [-0.15, -0.1) is 0 Å². The van der Waals surface area contributed by atoms with Gasteiger partial charge in [0.15, 0.2) is 11.5 Å². The van der Waals surface area contributed by atoms with Crippen LogP contribution in [0.4, 0.5) is 22.0 Å². The van der Waals surface area contributed by atoms with Crippen LogP contribution < -0.4 is 5.14 Å². The molecule has 0 radical (unpaired) electrons. The van der Waals surface area contributed by atoms with Crippen molar-refractivity contribution in [1.29, 1.82) is 0 Å². The molecule has 0 amide bonds. The number of imidazole rings is 1. The molecule has 0 unspecified atom stereocenters. The van der Waals surface area contributed by atoms with Crippen LogP contribution in [0.3, 0.4) is 0 Å². The topological polar surface area (TPSA) is 78.0 Å². The molecule has 2 aromatic rings. The first kappa shape index (κ1) is 20.2. The summed E-state index contributed by atoms with van der Waals surface area (Å²) >= 11 is 0. The van der Waals surface area contributed by atoms with Gasteiger partial charge in [-0.1, -0.05) is 0 Å². The van der Waals surface area contributed by atoms with Gasteiger partial charge in [0.2, 0.25) is 10.0 Å². The molecule has 0 fully saturated rings. The highest BCUT2D eigenvalue weighted by atomic mass is 32.2. The molecule has 150 valence electrons. The second-order valence-corrected chi connectivity index (χ2v) is 7.76. The predicted molar refractivity (Wildman–Crippen MR) is 90.6 cm³/mol. The maximum atomic E-state index is 13.5. The number of rotatable bonds is 4. The lowest BCUT2D eigenvalue weighted by molar-refractivity contribution is -0.140. The standard InChI is InChI=1S/C17H14F5N3O2S/c18-13-6-1-10(7-14(13)19)8-25-9-15(17(20,21)22)24-16(25)11-2-4-12(5-3-11)28(23,26)27/h2-5,7,9H,1,6,8H2,(H2,23,26,27). The van der Waals surface area contributed by atoms with Gasteiger partial charge in [0.25, 0.3) is 0 Å². The second kappa shape index (κ2) is 7.13. The molecule has 1 aliphatic carbocycles. The molecule has 0 atom stereocenters. The highest BCUT2D eigenvalue weighted by molar-refractivity contribution is 7.89. The highest BCUT2D eigenvalue weighted by Gasteiger charge is 2.35. The number of halogens is 5. The lowest BCUT2D eigenvalue weighted by Gasteiger charge is -2.14. The van der Waals surface area contributed by atoms with E-state index >= 15 is 0 Å². The van der Waals surface area contributed by atoms with Crippen LogP contribution >= 0.6 is 0 Å². The van der Waals surface area contributed by atoms with Gasteiger partial charge in [0.05, 0.1) is 4.90 Å². The Balaban J connectivity index is 2.03. The zero-order valence-corrected chi connectivity index (χ0v) is 15.0. The van der Waals surface area contributed by atoms with Gasteiger partial charge in [0, 0.05) is 24.7 Å². The van der Waals surface area contributed by atoms with Crippen molar-refractivity contribution in [1.82, 2.24) is 9.55 Å². The summed E-state index contributed by atoms with van der Waals surface area (Å²) in [7, 11) is -3.96. The third kappa shape index (κ3) is 4.30. The number of nitrogens with zero attached hydrogens (tertiary/aromatic N) is 2. The summed E-state index contributed by atoms with van der Waals surface area (Å²) in [5.74, 6) is -2.04. The molecule has 1 aromatic carbocycles. The van der Waals surface area contributed by atoms with Crippen molar-refractivity contribution in [3.63, 3.8) is 0 Å². The van der Waals surface area contributed by atoms with E-state index in [4.69, 9.17) is 5.14 Å². The van der Waals surface area contributed by atoms with E-state index < -0.39 is 33.5 Å². The van der Waals surface area contributed by atoms with Crippen LogP contribution in [-0.4, -0.2) is 18.0 Å². The Kier molecular flexibility index (Phi) is 5.15. The molecule has 5 nitrogen and oxygen atoms in total. The van der Waals surface area contributed by atoms with Crippen molar-refractivity contribution in [3.05, 3.63) is 59.5 Å². The largest absolute Gasteiger partial charge is 0.434 e. The SMILES string of the molecule is NS(=O)(=O)c1ccc(-c2nc(C(F)(F)F)cn2CC2=CC(F)=C(F)CC2)cc1. The third-order valence-corrected chi connectivity index (χ3v) is 5.07. The van der Waals surface area contributed by atoms with E-state index in [1.807, 2.05) is 0 Å². The number of nitrogens with two attached hydrogens (primary N) is 1. The van der Waals surface area contributed by atoms with Crippen molar-refractivity contribution in [2.24, 2.45) is 5.14 Å². The zero-order valence-electron chi connectivity index (χ0n) is 14.2. The van der Waals surface area contributed by atoms with E-state index in [1.54, 1.807) is 0 Å². The van der Waals surface area contributed by atoms with Gasteiger partial charge in [-0.2, -0.15) is 13.2 Å². The number of hydrogen-bond acceptors (Lipinski definition) is 3. The molecule has 0 bridgehead atoms. The smallest absolute Gasteiger partial charge is 0.326 e. The summed E-state index contributed by atoms with van der Waals surface area (Å²) in [6, 6.07) is 4.84. The fraction of sp³-hybridized carbons (Fsp3) is 0.235. The average molecular weight is 419 g/mol. The number of sulfonamides is 1. The Morgan fingerprint density at radius 2 is 1.75 bits per heavy atom. The van der Waals surface area contributed by atoms with Crippen LogP contribution in [0.2, 0.25) is 0 Å². The summed E-state index contributed by atoms with van der Waals surface area (Å²) in [5, 5.41) is 5.01. The Hall–Kier alpha value is -2.53. The van der Waals surface area contributed by atoms with Crippen LogP contribution in [0.5, 0.6) is 0 Å². The molecule has 1 heterocycles. The number of primary sulfonamides is 1. The minimum atomic E-state index is -4.71. The molecule has 1 aromatic heterocycles. The molecule has 11 heteroatoms. The molecule has 3 rings (SSSR count). The van der Waals surface area contributed by atoms with E-state index in [2.05, 4.69) is 4.98 Å². The fourth-order valence-corrected chi connectivity index (χ4v) is 3.28. The van der Waals surface area contributed by atoms with Crippen LogP contribution in [0, 0.1) is 0 Å². The first-order chi connectivity index (χ1) is 12.9. The molecule has 0 aliphatic heterocycles. The van der Waals surface area contributed by atoms with Gasteiger partial charge < -0.3 is 4.57 Å². The number of allylic oxidation sites excluding steroid dienone is 4. The second-order valence-electron chi connectivity index (χ2n) is 6.20. The Bertz CT molecular complexity index is 1070. The van der Waals surface area contributed by atoms with Crippen LogP contribution in [0.25, 0.3) is 11.4 Å². The van der Waals surface area contributed by atoms with Gasteiger partial charge in [0.1, 0.15) is 11.7 Å².